The Hall–Kier alpha value is -1.01. The first-order valence-corrected chi connectivity index (χ1v) is 5.65. The van der Waals surface area contributed by atoms with E-state index in [-0.39, 0.29) is 30.2 Å². The van der Waals surface area contributed by atoms with Crippen molar-refractivity contribution in [3.05, 3.63) is 10.0 Å². The fourth-order valence-electron chi connectivity index (χ4n) is 1.85. The van der Waals surface area contributed by atoms with Crippen LogP contribution < -0.4 is 0 Å². The first-order chi connectivity index (χ1) is 7.18. The Morgan fingerprint density at radius 2 is 2.07 bits per heavy atom. The summed E-state index contributed by atoms with van der Waals surface area (Å²) in [6, 6.07) is 0. The zero-order chi connectivity index (χ0) is 10.6. The van der Waals surface area contributed by atoms with Crippen LogP contribution in [0.2, 0.25) is 4.34 Å². The molecule has 0 aromatic carbocycles. The number of rotatable bonds is 2. The number of likely N-dealkylation sites (tertiary alicyclic amines) is 1. The zero-order valence-electron chi connectivity index (χ0n) is 7.51. The van der Waals surface area contributed by atoms with Gasteiger partial charge in [0.15, 0.2) is 0 Å². The highest BCUT2D eigenvalue weighted by Crippen LogP contribution is 2.47. The number of imide groups is 1. The summed E-state index contributed by atoms with van der Waals surface area (Å²) in [7, 11) is 0. The van der Waals surface area contributed by atoms with Crippen molar-refractivity contribution >= 4 is 34.9 Å². The van der Waals surface area contributed by atoms with Gasteiger partial charge in [0.2, 0.25) is 11.8 Å². The Morgan fingerprint density at radius 3 is 2.60 bits per heavy atom. The molecule has 7 heteroatoms. The van der Waals surface area contributed by atoms with E-state index in [0.29, 0.717) is 10.0 Å². The topological polar surface area (TPSA) is 63.2 Å². The van der Waals surface area contributed by atoms with Gasteiger partial charge in [-0.05, 0) is 6.42 Å². The van der Waals surface area contributed by atoms with Crippen LogP contribution in [0, 0.1) is 11.8 Å². The van der Waals surface area contributed by atoms with Gasteiger partial charge in [0, 0.05) is 11.5 Å². The van der Waals surface area contributed by atoms with Crippen molar-refractivity contribution in [1.82, 2.24) is 14.5 Å². The van der Waals surface area contributed by atoms with Crippen molar-refractivity contribution < 1.29 is 9.59 Å². The molecule has 0 N–H and O–H groups in total. The number of piperidine rings is 1. The number of halogens is 1. The summed E-state index contributed by atoms with van der Waals surface area (Å²) in [5.41, 5.74) is 0.504. The Kier molecular flexibility index (Phi) is 1.84. The van der Waals surface area contributed by atoms with Crippen molar-refractivity contribution in [2.24, 2.45) is 11.8 Å². The van der Waals surface area contributed by atoms with Gasteiger partial charge >= 0.3 is 0 Å². The second-order valence-electron chi connectivity index (χ2n) is 3.70. The van der Waals surface area contributed by atoms with E-state index in [1.807, 2.05) is 0 Å². The van der Waals surface area contributed by atoms with Gasteiger partial charge < -0.3 is 0 Å². The summed E-state index contributed by atoms with van der Waals surface area (Å²) in [6.07, 6.45) is 0.719. The largest absolute Gasteiger partial charge is 0.276 e. The van der Waals surface area contributed by atoms with E-state index in [1.165, 1.54) is 4.90 Å². The third kappa shape index (κ3) is 1.28. The van der Waals surface area contributed by atoms with Gasteiger partial charge in [-0.3, -0.25) is 14.5 Å². The summed E-state index contributed by atoms with van der Waals surface area (Å²) in [4.78, 5) is 24.5. The maximum atomic E-state index is 11.6. The van der Waals surface area contributed by atoms with Crippen LogP contribution in [-0.4, -0.2) is 26.3 Å². The fourth-order valence-corrected chi connectivity index (χ4v) is 2.46. The zero-order valence-corrected chi connectivity index (χ0v) is 9.09. The van der Waals surface area contributed by atoms with Crippen molar-refractivity contribution in [2.75, 3.05) is 0 Å². The van der Waals surface area contributed by atoms with E-state index >= 15 is 0 Å². The molecule has 78 valence electrons. The van der Waals surface area contributed by atoms with Crippen LogP contribution in [0.4, 0.5) is 0 Å². The summed E-state index contributed by atoms with van der Waals surface area (Å²) in [6.45, 7) is 0.167. The Balaban J connectivity index is 1.82. The monoisotopic (exact) mass is 243 g/mol. The van der Waals surface area contributed by atoms with Crippen molar-refractivity contribution in [3.8, 4) is 0 Å². The van der Waals surface area contributed by atoms with Crippen LogP contribution in [0.25, 0.3) is 0 Å². The average molecular weight is 244 g/mol. The number of nitrogens with zero attached hydrogens (tertiary/aromatic N) is 3. The molecule has 3 rings (SSSR count). The molecule has 2 aliphatic rings. The predicted molar refractivity (Wildman–Crippen MR) is 52.1 cm³/mol. The standard InChI is InChI=1S/C8H6ClN3O2S/c9-6-5(10-11-15-6)2-12-7(13)3-1-4(3)8(12)14/h3-4H,1-2H2. The molecule has 2 fully saturated rings. The highest BCUT2D eigenvalue weighted by Gasteiger charge is 2.58. The molecule has 5 nitrogen and oxygen atoms in total. The Bertz CT molecular complexity index is 440. The Morgan fingerprint density at radius 1 is 1.40 bits per heavy atom. The van der Waals surface area contributed by atoms with Gasteiger partial charge in [0.05, 0.1) is 18.4 Å². The molecule has 15 heavy (non-hydrogen) atoms. The lowest BCUT2D eigenvalue weighted by Gasteiger charge is -2.14. The number of aromatic nitrogens is 2. The highest BCUT2D eigenvalue weighted by molar-refractivity contribution is 7.10. The molecule has 1 aliphatic carbocycles. The SMILES string of the molecule is O=C1C2CC2C(=O)N1Cc1nnsc1Cl. The lowest BCUT2D eigenvalue weighted by atomic mass is 10.4. The van der Waals surface area contributed by atoms with E-state index in [4.69, 9.17) is 11.6 Å². The van der Waals surface area contributed by atoms with Crippen molar-refractivity contribution in [1.29, 1.82) is 0 Å². The van der Waals surface area contributed by atoms with Crippen LogP contribution in [0.3, 0.4) is 0 Å². The van der Waals surface area contributed by atoms with Crippen LogP contribution in [-0.2, 0) is 16.1 Å². The average Bonchev–Trinajstić information content (AvgIpc) is 2.86. The molecule has 1 aromatic heterocycles. The van der Waals surface area contributed by atoms with Gasteiger partial charge in [-0.15, -0.1) is 5.10 Å². The number of carbonyl (C=O) groups excluding carboxylic acids is 2. The number of hydrogen-bond acceptors (Lipinski definition) is 5. The van der Waals surface area contributed by atoms with Crippen LogP contribution in [0.5, 0.6) is 0 Å². The molecule has 2 heterocycles. The third-order valence-corrected chi connectivity index (χ3v) is 3.76. The number of hydrogen-bond donors (Lipinski definition) is 0. The van der Waals surface area contributed by atoms with Crippen molar-refractivity contribution in [3.63, 3.8) is 0 Å². The molecule has 0 radical (unpaired) electrons. The molecular formula is C8H6ClN3O2S. The van der Waals surface area contributed by atoms with Gasteiger partial charge in [-0.1, -0.05) is 16.1 Å². The number of carbonyl (C=O) groups is 2. The molecule has 2 unspecified atom stereocenters. The lowest BCUT2D eigenvalue weighted by molar-refractivity contribution is -0.142. The molecule has 2 amide bonds. The van der Waals surface area contributed by atoms with E-state index in [2.05, 4.69) is 9.59 Å². The maximum absolute atomic E-state index is 11.6. The van der Waals surface area contributed by atoms with Gasteiger partial charge in [-0.25, -0.2) is 0 Å². The quantitative estimate of drug-likeness (QED) is 0.718. The minimum atomic E-state index is -0.0888. The van der Waals surface area contributed by atoms with Gasteiger partial charge in [0.1, 0.15) is 10.0 Å². The van der Waals surface area contributed by atoms with E-state index in [1.54, 1.807) is 0 Å². The van der Waals surface area contributed by atoms with E-state index < -0.39 is 0 Å². The first kappa shape index (κ1) is 9.23. The second kappa shape index (κ2) is 2.99. The second-order valence-corrected chi connectivity index (χ2v) is 5.06. The smallest absolute Gasteiger partial charge is 0.233 e. The van der Waals surface area contributed by atoms with E-state index in [9.17, 15) is 9.59 Å². The molecular weight excluding hydrogens is 238 g/mol. The molecule has 0 spiro atoms. The molecule has 1 aromatic rings. The molecule has 1 aliphatic heterocycles. The van der Waals surface area contributed by atoms with Gasteiger partial charge in [-0.2, -0.15) is 0 Å². The lowest BCUT2D eigenvalue weighted by Crippen LogP contribution is -2.32. The Labute approximate surface area is 94.2 Å². The highest BCUT2D eigenvalue weighted by atomic mass is 35.5. The maximum Gasteiger partial charge on any atom is 0.233 e. The first-order valence-electron chi connectivity index (χ1n) is 4.50. The van der Waals surface area contributed by atoms with Crippen molar-refractivity contribution in [2.45, 2.75) is 13.0 Å². The van der Waals surface area contributed by atoms with Crippen LogP contribution in [0.1, 0.15) is 12.1 Å². The number of fused-ring (bicyclic) bond motifs is 1. The summed E-state index contributed by atoms with van der Waals surface area (Å²) < 4.78 is 4.10. The summed E-state index contributed by atoms with van der Waals surface area (Å²) in [5.74, 6) is -0.311. The minimum Gasteiger partial charge on any atom is -0.276 e. The van der Waals surface area contributed by atoms with Crippen LogP contribution >= 0.6 is 23.1 Å². The van der Waals surface area contributed by atoms with E-state index in [0.717, 1.165) is 18.0 Å². The normalized spacial score (nSPS) is 28.5. The van der Waals surface area contributed by atoms with Gasteiger partial charge in [0.25, 0.3) is 0 Å². The third-order valence-electron chi connectivity index (χ3n) is 2.77. The summed E-state index contributed by atoms with van der Waals surface area (Å²) >= 11 is 6.86. The fraction of sp³-hybridized carbons (Fsp3) is 0.500. The molecule has 1 saturated heterocycles. The minimum absolute atomic E-state index is 0.0668. The molecule has 0 bridgehead atoms. The molecule has 2 atom stereocenters. The number of amides is 2. The summed E-state index contributed by atoms with van der Waals surface area (Å²) in [5, 5.41) is 3.78. The molecule has 1 saturated carbocycles. The predicted octanol–water partition coefficient (Wildman–Crippen LogP) is 0.696. The van der Waals surface area contributed by atoms with Crippen LogP contribution in [0.15, 0.2) is 0 Å².